The molecule has 0 saturated heterocycles. The van der Waals surface area contributed by atoms with Crippen molar-refractivity contribution in [1.29, 1.82) is 0 Å². The van der Waals surface area contributed by atoms with Gasteiger partial charge in [-0.25, -0.2) is 0 Å². The summed E-state index contributed by atoms with van der Waals surface area (Å²) in [4.78, 5) is 2.15. The Balaban J connectivity index is 1.81. The number of nitrogens with zero attached hydrogens (tertiary/aromatic N) is 3. The molecule has 0 aliphatic carbocycles. The number of nitrogens with two attached hydrogens (primary N) is 1. The second-order valence-corrected chi connectivity index (χ2v) is 4.30. The maximum Gasteiger partial charge on any atom is 0.145 e. The van der Waals surface area contributed by atoms with E-state index >= 15 is 0 Å². The fraction of sp³-hybridized carbons (Fsp3) is 0.308. The van der Waals surface area contributed by atoms with E-state index in [1.54, 1.807) is 18.2 Å². The van der Waals surface area contributed by atoms with Crippen LogP contribution in [0.5, 0.6) is 5.75 Å². The van der Waals surface area contributed by atoms with Gasteiger partial charge in [0.15, 0.2) is 0 Å². The fourth-order valence-corrected chi connectivity index (χ4v) is 1.81. The van der Waals surface area contributed by atoms with Gasteiger partial charge in [0.05, 0.1) is 0 Å². The summed E-state index contributed by atoms with van der Waals surface area (Å²) >= 11 is 0. The van der Waals surface area contributed by atoms with Crippen molar-refractivity contribution in [2.24, 2.45) is 0 Å². The van der Waals surface area contributed by atoms with E-state index < -0.39 is 0 Å². The summed E-state index contributed by atoms with van der Waals surface area (Å²) in [6.07, 6.45) is 2.87. The van der Waals surface area contributed by atoms with Crippen LogP contribution in [0.1, 0.15) is 6.42 Å². The van der Waals surface area contributed by atoms with Crippen molar-refractivity contribution in [3.8, 4) is 5.75 Å². The van der Waals surface area contributed by atoms with Crippen LogP contribution in [-0.2, 0) is 6.54 Å². The van der Waals surface area contributed by atoms with E-state index in [4.69, 9.17) is 5.73 Å². The largest absolute Gasteiger partial charge is 0.508 e. The van der Waals surface area contributed by atoms with Crippen molar-refractivity contribution in [3.63, 3.8) is 0 Å². The molecule has 0 atom stereocenters. The van der Waals surface area contributed by atoms with Gasteiger partial charge in [-0.05, 0) is 36.8 Å². The number of benzene rings is 1. The lowest BCUT2D eigenvalue weighted by Gasteiger charge is -2.19. The number of nitrogen functional groups attached to an aromatic ring is 1. The SMILES string of the molecule is CN(CCCn1ccc(N)n1)c1ccc(O)cc1. The molecule has 96 valence electrons. The highest BCUT2D eigenvalue weighted by Crippen LogP contribution is 2.17. The zero-order valence-electron chi connectivity index (χ0n) is 10.5. The molecular formula is C13H18N4O. The molecule has 0 bridgehead atoms. The number of rotatable bonds is 5. The summed E-state index contributed by atoms with van der Waals surface area (Å²) < 4.78 is 1.85. The van der Waals surface area contributed by atoms with Gasteiger partial charge in [0.2, 0.25) is 0 Å². The van der Waals surface area contributed by atoms with Crippen LogP contribution < -0.4 is 10.6 Å². The number of hydrogen-bond donors (Lipinski definition) is 2. The van der Waals surface area contributed by atoms with Crippen molar-refractivity contribution >= 4 is 11.5 Å². The number of aryl methyl sites for hydroxylation is 1. The summed E-state index contributed by atoms with van der Waals surface area (Å²) in [6.45, 7) is 1.77. The lowest BCUT2D eigenvalue weighted by molar-refractivity contribution is 0.475. The molecule has 2 rings (SSSR count). The van der Waals surface area contributed by atoms with E-state index in [-0.39, 0.29) is 0 Å². The molecule has 3 N–H and O–H groups in total. The second-order valence-electron chi connectivity index (χ2n) is 4.30. The number of phenols is 1. The summed E-state index contributed by atoms with van der Waals surface area (Å²) in [5.74, 6) is 0.848. The number of aromatic hydroxyl groups is 1. The molecule has 0 aliphatic rings. The zero-order valence-corrected chi connectivity index (χ0v) is 10.5. The van der Waals surface area contributed by atoms with Gasteiger partial charge in [0.1, 0.15) is 11.6 Å². The Morgan fingerprint density at radius 1 is 1.28 bits per heavy atom. The molecule has 18 heavy (non-hydrogen) atoms. The monoisotopic (exact) mass is 246 g/mol. The molecular weight excluding hydrogens is 228 g/mol. The first-order chi connectivity index (χ1) is 8.65. The molecule has 0 saturated carbocycles. The summed E-state index contributed by atoms with van der Waals surface area (Å²) in [5.41, 5.74) is 6.64. The average molecular weight is 246 g/mol. The summed E-state index contributed by atoms with van der Waals surface area (Å²) in [7, 11) is 2.03. The quantitative estimate of drug-likeness (QED) is 0.842. The molecule has 0 fully saturated rings. The normalized spacial score (nSPS) is 10.5. The molecule has 0 radical (unpaired) electrons. The van der Waals surface area contributed by atoms with E-state index in [1.165, 1.54) is 0 Å². The van der Waals surface area contributed by atoms with Crippen molar-refractivity contribution in [1.82, 2.24) is 9.78 Å². The standard InChI is InChI=1S/C13H18N4O/c1-16(11-3-5-12(18)6-4-11)8-2-9-17-10-7-13(14)15-17/h3-7,10,18H,2,8-9H2,1H3,(H2,14,15). The van der Waals surface area contributed by atoms with E-state index in [2.05, 4.69) is 10.00 Å². The average Bonchev–Trinajstić information content (AvgIpc) is 2.76. The Morgan fingerprint density at radius 2 is 2.00 bits per heavy atom. The highest BCUT2D eigenvalue weighted by atomic mass is 16.3. The molecule has 5 nitrogen and oxygen atoms in total. The van der Waals surface area contributed by atoms with Crippen LogP contribution in [0.2, 0.25) is 0 Å². The molecule has 5 heteroatoms. The molecule has 0 spiro atoms. The van der Waals surface area contributed by atoms with Crippen molar-refractivity contribution in [2.75, 3.05) is 24.2 Å². The van der Waals surface area contributed by atoms with Gasteiger partial charge in [-0.2, -0.15) is 5.10 Å². The van der Waals surface area contributed by atoms with Crippen LogP contribution in [0.4, 0.5) is 11.5 Å². The number of phenolic OH excluding ortho intramolecular Hbond substituents is 1. The van der Waals surface area contributed by atoms with Gasteiger partial charge in [-0.15, -0.1) is 0 Å². The number of hydrogen-bond acceptors (Lipinski definition) is 4. The summed E-state index contributed by atoms with van der Waals surface area (Å²) in [6, 6.07) is 8.99. The molecule has 1 aromatic carbocycles. The number of anilines is 2. The second kappa shape index (κ2) is 5.44. The minimum Gasteiger partial charge on any atom is -0.508 e. The van der Waals surface area contributed by atoms with Gasteiger partial charge in [-0.1, -0.05) is 0 Å². The topological polar surface area (TPSA) is 67.3 Å². The first-order valence-electron chi connectivity index (χ1n) is 5.94. The Bertz CT molecular complexity index is 492. The predicted octanol–water partition coefficient (Wildman–Crippen LogP) is 1.70. The van der Waals surface area contributed by atoms with E-state index in [0.717, 1.165) is 25.2 Å². The highest BCUT2D eigenvalue weighted by molar-refractivity contribution is 5.47. The Morgan fingerprint density at radius 3 is 2.61 bits per heavy atom. The molecule has 0 unspecified atom stereocenters. The third-order valence-corrected chi connectivity index (χ3v) is 2.83. The van der Waals surface area contributed by atoms with E-state index in [9.17, 15) is 5.11 Å². The van der Waals surface area contributed by atoms with Crippen molar-refractivity contribution < 1.29 is 5.11 Å². The maximum absolute atomic E-state index is 9.22. The molecule has 0 amide bonds. The number of aromatic nitrogens is 2. The minimum absolute atomic E-state index is 0.291. The first-order valence-corrected chi connectivity index (χ1v) is 5.94. The van der Waals surface area contributed by atoms with Crippen LogP contribution in [0.3, 0.4) is 0 Å². The van der Waals surface area contributed by atoms with Crippen LogP contribution in [-0.4, -0.2) is 28.5 Å². The van der Waals surface area contributed by atoms with Crippen LogP contribution in [0, 0.1) is 0 Å². The molecule has 2 aromatic rings. The maximum atomic E-state index is 9.22. The third kappa shape index (κ3) is 3.16. The van der Waals surface area contributed by atoms with Gasteiger partial charge < -0.3 is 15.7 Å². The van der Waals surface area contributed by atoms with Crippen molar-refractivity contribution in [2.45, 2.75) is 13.0 Å². The molecule has 1 aromatic heterocycles. The first kappa shape index (κ1) is 12.3. The van der Waals surface area contributed by atoms with E-state index in [1.807, 2.05) is 30.1 Å². The van der Waals surface area contributed by atoms with Gasteiger partial charge in [0.25, 0.3) is 0 Å². The molecule has 1 heterocycles. The minimum atomic E-state index is 0.291. The summed E-state index contributed by atoms with van der Waals surface area (Å²) in [5, 5.41) is 13.4. The van der Waals surface area contributed by atoms with E-state index in [0.29, 0.717) is 11.6 Å². The Hall–Kier alpha value is -2.17. The molecule has 0 aliphatic heterocycles. The van der Waals surface area contributed by atoms with Crippen molar-refractivity contribution in [3.05, 3.63) is 36.5 Å². The van der Waals surface area contributed by atoms with Gasteiger partial charge in [-0.3, -0.25) is 4.68 Å². The van der Waals surface area contributed by atoms with Crippen LogP contribution in [0.25, 0.3) is 0 Å². The Labute approximate surface area is 106 Å². The van der Waals surface area contributed by atoms with Gasteiger partial charge >= 0.3 is 0 Å². The van der Waals surface area contributed by atoms with Crippen LogP contribution in [0.15, 0.2) is 36.5 Å². The Kier molecular flexibility index (Phi) is 3.72. The lowest BCUT2D eigenvalue weighted by Crippen LogP contribution is -2.19. The third-order valence-electron chi connectivity index (χ3n) is 2.83. The smallest absolute Gasteiger partial charge is 0.145 e. The fourth-order valence-electron chi connectivity index (χ4n) is 1.81. The highest BCUT2D eigenvalue weighted by Gasteiger charge is 2.01. The lowest BCUT2D eigenvalue weighted by atomic mass is 10.2. The zero-order chi connectivity index (χ0) is 13.0. The predicted molar refractivity (Wildman–Crippen MR) is 72.6 cm³/mol. The van der Waals surface area contributed by atoms with Gasteiger partial charge in [0, 0.05) is 32.0 Å². The van der Waals surface area contributed by atoms with Crippen LogP contribution >= 0.6 is 0 Å².